The molecule has 0 aromatic carbocycles. The molecule has 3 nitrogen and oxygen atoms in total. The van der Waals surface area contributed by atoms with Gasteiger partial charge in [0.05, 0.1) is 13.1 Å². The molecule has 1 fully saturated rings. The van der Waals surface area contributed by atoms with Crippen molar-refractivity contribution >= 4 is 5.91 Å². The molecule has 1 heterocycles. The van der Waals surface area contributed by atoms with Crippen molar-refractivity contribution in [3.63, 3.8) is 0 Å². The first-order valence-corrected chi connectivity index (χ1v) is 6.73. The molecule has 0 radical (unpaired) electrons. The van der Waals surface area contributed by atoms with Crippen molar-refractivity contribution in [3.05, 3.63) is 0 Å². The molecule has 0 atom stereocenters. The smallest absolute Gasteiger partial charge is 0.223 e. The zero-order valence-corrected chi connectivity index (χ0v) is 11.2. The van der Waals surface area contributed by atoms with E-state index in [1.54, 1.807) is 0 Å². The topological polar surface area (TPSA) is 23.6 Å². The van der Waals surface area contributed by atoms with Crippen molar-refractivity contribution in [2.24, 2.45) is 0 Å². The summed E-state index contributed by atoms with van der Waals surface area (Å²) < 4.78 is 0. The lowest BCUT2D eigenvalue weighted by atomic mass is 10.3. The Bertz CT molecular complexity index is 290. The van der Waals surface area contributed by atoms with Crippen LogP contribution in [0.3, 0.4) is 0 Å². The molecule has 1 aliphatic heterocycles. The van der Waals surface area contributed by atoms with Crippen molar-refractivity contribution in [3.8, 4) is 11.8 Å². The molecule has 0 unspecified atom stereocenters. The van der Waals surface area contributed by atoms with Gasteiger partial charge in [0, 0.05) is 13.0 Å². The third kappa shape index (κ3) is 5.23. The van der Waals surface area contributed by atoms with Gasteiger partial charge in [0.25, 0.3) is 0 Å². The highest BCUT2D eigenvalue weighted by atomic mass is 16.2. The van der Waals surface area contributed by atoms with E-state index in [0.717, 1.165) is 32.6 Å². The molecule has 0 aromatic heterocycles. The highest BCUT2D eigenvalue weighted by Crippen LogP contribution is 2.07. The predicted octanol–water partition coefficient (Wildman–Crippen LogP) is 1.73. The fourth-order valence-electron chi connectivity index (χ4n) is 1.92. The van der Waals surface area contributed by atoms with E-state index in [4.69, 9.17) is 0 Å². The average molecular weight is 236 g/mol. The molecule has 0 aliphatic carbocycles. The van der Waals surface area contributed by atoms with Crippen LogP contribution in [0.15, 0.2) is 0 Å². The third-order valence-electron chi connectivity index (χ3n) is 3.14. The van der Waals surface area contributed by atoms with Crippen LogP contribution in [0.25, 0.3) is 0 Å². The van der Waals surface area contributed by atoms with Gasteiger partial charge in [0.2, 0.25) is 5.91 Å². The summed E-state index contributed by atoms with van der Waals surface area (Å²) in [5.74, 6) is 6.55. The van der Waals surface area contributed by atoms with Crippen LogP contribution in [0.2, 0.25) is 0 Å². The predicted molar refractivity (Wildman–Crippen MR) is 70.6 cm³/mol. The van der Waals surface area contributed by atoms with Crippen LogP contribution >= 0.6 is 0 Å². The average Bonchev–Trinajstić information content (AvgIpc) is 2.74. The fourth-order valence-corrected chi connectivity index (χ4v) is 1.92. The van der Waals surface area contributed by atoms with Crippen LogP contribution in [-0.2, 0) is 4.79 Å². The van der Waals surface area contributed by atoms with Crippen LogP contribution in [0, 0.1) is 11.8 Å². The molecular weight excluding hydrogens is 212 g/mol. The summed E-state index contributed by atoms with van der Waals surface area (Å²) in [5.41, 5.74) is 0. The summed E-state index contributed by atoms with van der Waals surface area (Å²) in [6, 6.07) is 0. The molecule has 1 rings (SSSR count). The standard InChI is InChI=1S/C14H24N2O/c1-3-5-10-15(4-2)11-6-7-12-16-13-8-9-14(16)17/h3-5,8-13H2,1-2H3. The van der Waals surface area contributed by atoms with Gasteiger partial charge in [-0.15, -0.1) is 0 Å². The third-order valence-corrected chi connectivity index (χ3v) is 3.14. The molecule has 96 valence electrons. The lowest BCUT2D eigenvalue weighted by Gasteiger charge is -2.16. The van der Waals surface area contributed by atoms with Gasteiger partial charge in [0.15, 0.2) is 0 Å². The summed E-state index contributed by atoms with van der Waals surface area (Å²) in [4.78, 5) is 15.6. The molecule has 1 aliphatic rings. The fraction of sp³-hybridized carbons (Fsp3) is 0.786. The summed E-state index contributed by atoms with van der Waals surface area (Å²) >= 11 is 0. The minimum atomic E-state index is 0.262. The number of hydrogen-bond donors (Lipinski definition) is 0. The van der Waals surface area contributed by atoms with E-state index in [2.05, 4.69) is 30.6 Å². The molecular formula is C14H24N2O. The van der Waals surface area contributed by atoms with Crippen molar-refractivity contribution in [1.82, 2.24) is 9.80 Å². The Kier molecular flexibility index (Phi) is 6.73. The maximum Gasteiger partial charge on any atom is 0.223 e. The number of carbonyl (C=O) groups is 1. The van der Waals surface area contributed by atoms with Crippen molar-refractivity contribution in [2.45, 2.75) is 39.5 Å². The molecule has 0 bridgehead atoms. The molecule has 17 heavy (non-hydrogen) atoms. The molecule has 1 amide bonds. The molecule has 0 saturated carbocycles. The highest BCUT2D eigenvalue weighted by Gasteiger charge is 2.18. The first-order valence-electron chi connectivity index (χ1n) is 6.73. The molecule has 0 spiro atoms. The quantitative estimate of drug-likeness (QED) is 0.656. The van der Waals surface area contributed by atoms with Crippen LogP contribution < -0.4 is 0 Å². The van der Waals surface area contributed by atoms with Crippen LogP contribution in [0.4, 0.5) is 0 Å². The van der Waals surface area contributed by atoms with Crippen LogP contribution in [0.1, 0.15) is 39.5 Å². The van der Waals surface area contributed by atoms with Crippen molar-refractivity contribution in [2.75, 3.05) is 32.7 Å². The number of rotatable bonds is 6. The second-order valence-electron chi connectivity index (χ2n) is 4.49. The van der Waals surface area contributed by atoms with E-state index in [1.807, 2.05) is 4.90 Å². The zero-order chi connectivity index (χ0) is 12.5. The number of carbonyl (C=O) groups excluding carboxylic acids is 1. The van der Waals surface area contributed by atoms with Gasteiger partial charge in [-0.25, -0.2) is 0 Å². The Balaban J connectivity index is 2.21. The molecule has 3 heteroatoms. The first-order chi connectivity index (χ1) is 8.27. The van der Waals surface area contributed by atoms with Gasteiger partial charge in [-0.3, -0.25) is 9.69 Å². The number of nitrogens with zero attached hydrogens (tertiary/aromatic N) is 2. The summed E-state index contributed by atoms with van der Waals surface area (Å²) in [7, 11) is 0. The van der Waals surface area contributed by atoms with E-state index in [1.165, 1.54) is 12.8 Å². The summed E-state index contributed by atoms with van der Waals surface area (Å²) in [6.07, 6.45) is 4.17. The number of likely N-dealkylation sites (tertiary alicyclic amines) is 1. The molecule has 0 N–H and O–H groups in total. The van der Waals surface area contributed by atoms with Gasteiger partial charge in [-0.05, 0) is 25.9 Å². The van der Waals surface area contributed by atoms with Gasteiger partial charge in [-0.2, -0.15) is 0 Å². The van der Waals surface area contributed by atoms with E-state index in [0.29, 0.717) is 13.0 Å². The SMILES string of the molecule is CCCCN(CC)CC#CCN1CCCC1=O. The summed E-state index contributed by atoms with van der Waals surface area (Å²) in [6.45, 7) is 8.89. The van der Waals surface area contributed by atoms with Gasteiger partial charge in [0.1, 0.15) is 0 Å². The maximum absolute atomic E-state index is 11.3. The second kappa shape index (κ2) is 8.14. The van der Waals surface area contributed by atoms with Crippen LogP contribution in [-0.4, -0.2) is 48.4 Å². The van der Waals surface area contributed by atoms with Crippen molar-refractivity contribution < 1.29 is 4.79 Å². The maximum atomic E-state index is 11.3. The largest absolute Gasteiger partial charge is 0.332 e. The van der Waals surface area contributed by atoms with Gasteiger partial charge in [-0.1, -0.05) is 32.1 Å². The minimum absolute atomic E-state index is 0.262. The number of amides is 1. The lowest BCUT2D eigenvalue weighted by Crippen LogP contribution is -2.26. The Hall–Kier alpha value is -1.01. The van der Waals surface area contributed by atoms with Gasteiger partial charge < -0.3 is 4.90 Å². The second-order valence-corrected chi connectivity index (χ2v) is 4.49. The summed E-state index contributed by atoms with van der Waals surface area (Å²) in [5, 5.41) is 0. The van der Waals surface area contributed by atoms with Crippen LogP contribution in [0.5, 0.6) is 0 Å². The normalized spacial score (nSPS) is 15.2. The Labute approximate surface area is 105 Å². The van der Waals surface area contributed by atoms with Crippen molar-refractivity contribution in [1.29, 1.82) is 0 Å². The monoisotopic (exact) mass is 236 g/mol. The zero-order valence-electron chi connectivity index (χ0n) is 11.2. The Morgan fingerprint density at radius 1 is 1.35 bits per heavy atom. The van der Waals surface area contributed by atoms with E-state index in [-0.39, 0.29) is 5.91 Å². The first kappa shape index (κ1) is 14.1. The Morgan fingerprint density at radius 3 is 2.76 bits per heavy atom. The molecule has 0 aromatic rings. The Morgan fingerprint density at radius 2 is 2.18 bits per heavy atom. The van der Waals surface area contributed by atoms with E-state index in [9.17, 15) is 4.79 Å². The number of hydrogen-bond acceptors (Lipinski definition) is 2. The number of unbranched alkanes of at least 4 members (excludes halogenated alkanes) is 1. The van der Waals surface area contributed by atoms with E-state index >= 15 is 0 Å². The highest BCUT2D eigenvalue weighted by molar-refractivity contribution is 5.78. The van der Waals surface area contributed by atoms with Gasteiger partial charge >= 0.3 is 0 Å². The molecule has 1 saturated heterocycles. The minimum Gasteiger partial charge on any atom is -0.332 e. The van der Waals surface area contributed by atoms with E-state index < -0.39 is 0 Å². The lowest BCUT2D eigenvalue weighted by molar-refractivity contribution is -0.127.